The first kappa shape index (κ1) is 18.4. The maximum Gasteiger partial charge on any atom is 0.241 e. The molecular formula is C17H34N2O2. The Morgan fingerprint density at radius 2 is 1.95 bits per heavy atom. The van der Waals surface area contributed by atoms with Crippen molar-refractivity contribution in [1.29, 1.82) is 0 Å². The van der Waals surface area contributed by atoms with Gasteiger partial charge < -0.3 is 9.64 Å². The van der Waals surface area contributed by atoms with Crippen LogP contribution in [0, 0.1) is 5.92 Å². The van der Waals surface area contributed by atoms with Crippen LogP contribution >= 0.6 is 0 Å². The van der Waals surface area contributed by atoms with Gasteiger partial charge in [0.2, 0.25) is 5.91 Å². The number of unbranched alkanes of at least 4 members (excludes halogenated alkanes) is 1. The van der Waals surface area contributed by atoms with E-state index >= 15 is 0 Å². The molecule has 1 heterocycles. The topological polar surface area (TPSA) is 41.6 Å². The summed E-state index contributed by atoms with van der Waals surface area (Å²) in [5.74, 6) is 0.945. The van der Waals surface area contributed by atoms with E-state index in [4.69, 9.17) is 4.74 Å². The Kier molecular flexibility index (Phi) is 8.93. The number of nitrogens with zero attached hydrogens (tertiary/aromatic N) is 1. The standard InChI is InChI=1S/C17H34N2O2/c1-5-7-9-15-17(20)19(16(18-15)8-6-2)11-13-21-12-10-14(3)4/h14-16,18H,5-13H2,1-4H3. The summed E-state index contributed by atoms with van der Waals surface area (Å²) in [7, 11) is 0. The molecule has 0 bridgehead atoms. The molecule has 1 aliphatic rings. The highest BCUT2D eigenvalue weighted by atomic mass is 16.5. The molecule has 1 aliphatic heterocycles. The smallest absolute Gasteiger partial charge is 0.241 e. The van der Waals surface area contributed by atoms with Crippen LogP contribution in [-0.4, -0.2) is 42.8 Å². The van der Waals surface area contributed by atoms with Crippen molar-refractivity contribution in [2.45, 2.75) is 78.4 Å². The lowest BCUT2D eigenvalue weighted by molar-refractivity contribution is -0.131. The van der Waals surface area contributed by atoms with E-state index in [-0.39, 0.29) is 18.1 Å². The van der Waals surface area contributed by atoms with Crippen molar-refractivity contribution in [2.75, 3.05) is 19.8 Å². The van der Waals surface area contributed by atoms with Crippen molar-refractivity contribution in [1.82, 2.24) is 10.2 Å². The van der Waals surface area contributed by atoms with E-state index < -0.39 is 0 Å². The molecule has 21 heavy (non-hydrogen) atoms. The van der Waals surface area contributed by atoms with Gasteiger partial charge in [-0.25, -0.2) is 0 Å². The van der Waals surface area contributed by atoms with Gasteiger partial charge in [0, 0.05) is 13.2 Å². The zero-order chi connectivity index (χ0) is 15.7. The van der Waals surface area contributed by atoms with E-state index in [1.165, 1.54) is 0 Å². The first-order valence-corrected chi connectivity index (χ1v) is 8.74. The third kappa shape index (κ3) is 6.35. The number of nitrogens with one attached hydrogen (secondary N) is 1. The lowest BCUT2D eigenvalue weighted by Crippen LogP contribution is -2.39. The van der Waals surface area contributed by atoms with Gasteiger partial charge in [-0.05, 0) is 25.2 Å². The summed E-state index contributed by atoms with van der Waals surface area (Å²) in [6.45, 7) is 10.9. The normalized spacial score (nSPS) is 22.5. The molecule has 0 radical (unpaired) electrons. The average Bonchev–Trinajstić information content (AvgIpc) is 2.73. The Balaban J connectivity index is 2.38. The van der Waals surface area contributed by atoms with Crippen LogP contribution < -0.4 is 5.32 Å². The van der Waals surface area contributed by atoms with Crippen molar-refractivity contribution in [2.24, 2.45) is 5.92 Å². The Labute approximate surface area is 130 Å². The molecule has 0 spiro atoms. The van der Waals surface area contributed by atoms with Gasteiger partial charge in [-0.1, -0.05) is 47.0 Å². The van der Waals surface area contributed by atoms with Gasteiger partial charge >= 0.3 is 0 Å². The van der Waals surface area contributed by atoms with Gasteiger partial charge in [0.15, 0.2) is 0 Å². The number of amides is 1. The summed E-state index contributed by atoms with van der Waals surface area (Å²) < 4.78 is 5.68. The monoisotopic (exact) mass is 298 g/mol. The van der Waals surface area contributed by atoms with Crippen LogP contribution in [0.3, 0.4) is 0 Å². The molecule has 0 aromatic carbocycles. The van der Waals surface area contributed by atoms with Gasteiger partial charge in [-0.2, -0.15) is 0 Å². The van der Waals surface area contributed by atoms with E-state index in [0.29, 0.717) is 12.5 Å². The second kappa shape index (κ2) is 10.2. The third-order valence-corrected chi connectivity index (χ3v) is 4.08. The van der Waals surface area contributed by atoms with Gasteiger partial charge in [-0.3, -0.25) is 10.1 Å². The summed E-state index contributed by atoms with van der Waals surface area (Å²) >= 11 is 0. The largest absolute Gasteiger partial charge is 0.380 e. The van der Waals surface area contributed by atoms with Crippen LogP contribution in [0.25, 0.3) is 0 Å². The van der Waals surface area contributed by atoms with E-state index in [2.05, 4.69) is 33.0 Å². The van der Waals surface area contributed by atoms with Gasteiger partial charge in [0.1, 0.15) is 0 Å². The number of ether oxygens (including phenoxy) is 1. The third-order valence-electron chi connectivity index (χ3n) is 4.08. The summed E-state index contributed by atoms with van der Waals surface area (Å²) in [6.07, 6.45) is 6.63. The predicted octanol–water partition coefficient (Wildman–Crippen LogP) is 3.17. The minimum Gasteiger partial charge on any atom is -0.380 e. The number of carbonyl (C=O) groups is 1. The molecule has 1 amide bonds. The molecular weight excluding hydrogens is 264 g/mol. The van der Waals surface area contributed by atoms with Gasteiger partial charge in [0.25, 0.3) is 0 Å². The highest BCUT2D eigenvalue weighted by Gasteiger charge is 2.37. The molecule has 1 N–H and O–H groups in total. The Morgan fingerprint density at radius 3 is 2.57 bits per heavy atom. The van der Waals surface area contributed by atoms with Crippen LogP contribution in [0.5, 0.6) is 0 Å². The molecule has 0 aliphatic carbocycles. The van der Waals surface area contributed by atoms with Crippen LogP contribution in [0.15, 0.2) is 0 Å². The first-order chi connectivity index (χ1) is 10.1. The van der Waals surface area contributed by atoms with Crippen molar-refractivity contribution in [3.63, 3.8) is 0 Å². The van der Waals surface area contributed by atoms with E-state index in [1.54, 1.807) is 0 Å². The number of rotatable bonds is 11. The fraction of sp³-hybridized carbons (Fsp3) is 0.941. The summed E-state index contributed by atoms with van der Waals surface area (Å²) in [4.78, 5) is 14.5. The molecule has 2 unspecified atom stereocenters. The molecule has 0 saturated carbocycles. The minimum atomic E-state index is 0.0252. The molecule has 1 rings (SSSR count). The fourth-order valence-corrected chi connectivity index (χ4v) is 2.72. The zero-order valence-electron chi connectivity index (χ0n) is 14.4. The Morgan fingerprint density at radius 1 is 1.19 bits per heavy atom. The number of carbonyl (C=O) groups excluding carboxylic acids is 1. The summed E-state index contributed by atoms with van der Waals surface area (Å²) in [5.41, 5.74) is 0. The van der Waals surface area contributed by atoms with E-state index in [9.17, 15) is 4.79 Å². The second-order valence-electron chi connectivity index (χ2n) is 6.49. The summed E-state index contributed by atoms with van der Waals surface area (Å²) in [6, 6.07) is 0.0252. The average molecular weight is 298 g/mol. The molecule has 1 saturated heterocycles. The molecule has 1 fully saturated rings. The lowest BCUT2D eigenvalue weighted by atomic mass is 10.1. The molecule has 0 aromatic heterocycles. The zero-order valence-corrected chi connectivity index (χ0v) is 14.4. The van der Waals surface area contributed by atoms with Crippen molar-refractivity contribution in [3.05, 3.63) is 0 Å². The van der Waals surface area contributed by atoms with Crippen molar-refractivity contribution >= 4 is 5.91 Å². The number of hydrogen-bond acceptors (Lipinski definition) is 3. The van der Waals surface area contributed by atoms with Crippen molar-refractivity contribution < 1.29 is 9.53 Å². The quantitative estimate of drug-likeness (QED) is 0.596. The highest BCUT2D eigenvalue weighted by molar-refractivity contribution is 5.84. The van der Waals surface area contributed by atoms with E-state index in [0.717, 1.165) is 51.7 Å². The van der Waals surface area contributed by atoms with Crippen LogP contribution in [-0.2, 0) is 9.53 Å². The molecule has 4 nitrogen and oxygen atoms in total. The fourth-order valence-electron chi connectivity index (χ4n) is 2.72. The van der Waals surface area contributed by atoms with Crippen LogP contribution in [0.4, 0.5) is 0 Å². The first-order valence-electron chi connectivity index (χ1n) is 8.74. The van der Waals surface area contributed by atoms with Crippen molar-refractivity contribution in [3.8, 4) is 0 Å². The predicted molar refractivity (Wildman–Crippen MR) is 87.1 cm³/mol. The molecule has 124 valence electrons. The second-order valence-corrected chi connectivity index (χ2v) is 6.49. The number of hydrogen-bond donors (Lipinski definition) is 1. The maximum atomic E-state index is 12.5. The Bertz CT molecular complexity index is 295. The minimum absolute atomic E-state index is 0.0252. The molecule has 0 aromatic rings. The molecule has 4 heteroatoms. The Hall–Kier alpha value is -0.610. The van der Waals surface area contributed by atoms with Crippen LogP contribution in [0.2, 0.25) is 0 Å². The summed E-state index contributed by atoms with van der Waals surface area (Å²) in [5, 5.41) is 3.51. The molecule has 2 atom stereocenters. The SMILES string of the molecule is CCCCC1NC(CCC)N(CCOCCC(C)C)C1=O. The highest BCUT2D eigenvalue weighted by Crippen LogP contribution is 2.18. The van der Waals surface area contributed by atoms with Gasteiger partial charge in [0.05, 0.1) is 18.8 Å². The van der Waals surface area contributed by atoms with E-state index in [1.807, 2.05) is 4.90 Å². The van der Waals surface area contributed by atoms with Gasteiger partial charge in [-0.15, -0.1) is 0 Å². The lowest BCUT2D eigenvalue weighted by Gasteiger charge is -2.23. The maximum absolute atomic E-state index is 12.5. The van der Waals surface area contributed by atoms with Crippen LogP contribution in [0.1, 0.15) is 66.2 Å².